The Labute approximate surface area is 76.5 Å². The van der Waals surface area contributed by atoms with Crippen molar-refractivity contribution in [1.29, 1.82) is 0 Å². The van der Waals surface area contributed by atoms with E-state index in [2.05, 4.69) is 0 Å². The molecule has 0 rings (SSSR count). The predicted octanol–water partition coefficient (Wildman–Crippen LogP) is -0.129. The van der Waals surface area contributed by atoms with Gasteiger partial charge in [-0.3, -0.25) is 0 Å². The molecule has 0 saturated heterocycles. The summed E-state index contributed by atoms with van der Waals surface area (Å²) in [6, 6.07) is 0. The summed E-state index contributed by atoms with van der Waals surface area (Å²) in [5.41, 5.74) is 0. The van der Waals surface area contributed by atoms with Crippen molar-refractivity contribution in [3.05, 3.63) is 0 Å². The van der Waals surface area contributed by atoms with Crippen LogP contribution in [0.3, 0.4) is 0 Å². The van der Waals surface area contributed by atoms with Crippen LogP contribution in [0.5, 0.6) is 0 Å². The van der Waals surface area contributed by atoms with Crippen molar-refractivity contribution in [2.75, 3.05) is 0 Å². The van der Waals surface area contributed by atoms with Gasteiger partial charge in [-0.15, -0.1) is 0 Å². The first-order chi connectivity index (χ1) is 1.00. The summed E-state index contributed by atoms with van der Waals surface area (Å²) in [7, 11) is 0. The Morgan fingerprint density at radius 3 is 1.20 bits per heavy atom. The Morgan fingerprint density at radius 1 is 1.20 bits per heavy atom. The van der Waals surface area contributed by atoms with Crippen LogP contribution in [0.15, 0.2) is 0 Å². The normalized spacial score (nSPS) is 0.600. The van der Waals surface area contributed by atoms with Gasteiger partial charge >= 0.3 is 23.7 Å². The van der Waals surface area contributed by atoms with Crippen LogP contribution in [-0.2, 0) is 77.3 Å². The molecule has 0 saturated carbocycles. The summed E-state index contributed by atoms with van der Waals surface area (Å²) in [5.74, 6) is 0. The fourth-order valence-electron chi connectivity index (χ4n) is 0. The Bertz CT molecular complexity index is 11.6. The Morgan fingerprint density at radius 2 is 1.20 bits per heavy atom. The molecule has 0 heterocycles. The summed E-state index contributed by atoms with van der Waals surface area (Å²) in [6.07, 6.45) is 0. The molecule has 0 aromatic rings. The van der Waals surface area contributed by atoms with Crippen LogP contribution in [0, 0.1) is 0 Å². The fraction of sp³-hybridized carbons (Fsp3) is 0. The average Bonchev–Trinajstić information content (AvgIpc) is 1.00. The smallest absolute Gasteiger partial charge is 0 e. The number of rotatable bonds is 0. The van der Waals surface area contributed by atoms with Crippen molar-refractivity contribution in [2.24, 2.45) is 0 Å². The second-order valence-corrected chi connectivity index (χ2v) is 0. The van der Waals surface area contributed by atoms with Gasteiger partial charge in [0, 0.05) is 53.6 Å². The van der Waals surface area contributed by atoms with Crippen LogP contribution in [0.25, 0.3) is 0 Å². The Balaban J connectivity index is -0.00000000167. The molecule has 0 fully saturated rings. The van der Waals surface area contributed by atoms with Gasteiger partial charge in [0.05, 0.1) is 0 Å². The molecule has 27 valence electrons. The number of hydrogen-bond acceptors (Lipinski definition) is 1. The molecule has 0 aromatic carbocycles. The van der Waals surface area contributed by atoms with E-state index in [0.717, 1.165) is 20.4 Å². The maximum Gasteiger partial charge on any atom is 0 e. The molecule has 5 heteroatoms. The zero-order valence-electron chi connectivity index (χ0n) is 2.35. The van der Waals surface area contributed by atoms with Crippen LogP contribution >= 0.6 is 0 Å². The van der Waals surface area contributed by atoms with Crippen LogP contribution < -0.4 is 0 Å². The monoisotopic (exact) mass is 239 g/mol. The van der Waals surface area contributed by atoms with Crippen molar-refractivity contribution in [2.45, 2.75) is 0 Å². The molecule has 5 heavy (non-hydrogen) atoms. The van der Waals surface area contributed by atoms with Gasteiger partial charge in [-0.1, -0.05) is 0 Å². The van der Waals surface area contributed by atoms with E-state index in [1.807, 2.05) is 0 Å². The minimum Gasteiger partial charge on any atom is 0 e. The molecule has 0 amide bonds. The van der Waals surface area contributed by atoms with Crippen LogP contribution in [0.2, 0.25) is 0 Å². The first-order valence-corrected chi connectivity index (χ1v) is 0.842. The zero-order chi connectivity index (χ0) is 2.00. The number of hydrogen-bond donors (Lipinski definition) is 0. The molecule has 0 atom stereocenters. The molecule has 0 aromatic heterocycles. The second-order valence-electron chi connectivity index (χ2n) is 0. The van der Waals surface area contributed by atoms with Crippen LogP contribution in [-0.4, -0.2) is 0 Å². The molecule has 0 bridgehead atoms. The van der Waals surface area contributed by atoms with Gasteiger partial charge in [-0.05, 0) is 0 Å². The van der Waals surface area contributed by atoms with Crippen molar-refractivity contribution < 1.29 is 77.3 Å². The molecule has 0 N–H and O–H groups in total. The Kier molecular flexibility index (Phi) is 190. The molecule has 1 nitrogen and oxygen atoms in total. The summed E-state index contributed by atoms with van der Waals surface area (Å²) in [6.45, 7) is 0. The van der Waals surface area contributed by atoms with E-state index >= 15 is 0 Å². The van der Waals surface area contributed by atoms with E-state index in [-0.39, 0.29) is 53.6 Å². The molecular weight excluding hydrogens is 240 g/mol. The molecule has 0 aliphatic heterocycles. The quantitative estimate of drug-likeness (QED) is 0.539. The maximum absolute atomic E-state index is 8.25. The minimum absolute atomic E-state index is 0. The first-order valence-electron chi connectivity index (χ1n) is 0.204. The third-order valence-corrected chi connectivity index (χ3v) is 0. The van der Waals surface area contributed by atoms with Gasteiger partial charge in [0.25, 0.3) is 0 Å². The first kappa shape index (κ1) is 27.1. The van der Waals surface area contributed by atoms with Crippen LogP contribution in [0.1, 0.15) is 0 Å². The standard InChI is InChI=1S/Fe.Mn.O.Ti.Zn. The maximum atomic E-state index is 8.25. The van der Waals surface area contributed by atoms with Crippen molar-refractivity contribution >= 4 is 0 Å². The van der Waals surface area contributed by atoms with E-state index in [1.165, 1.54) is 0 Å². The van der Waals surface area contributed by atoms with Crippen molar-refractivity contribution in [3.8, 4) is 0 Å². The van der Waals surface area contributed by atoms with Gasteiger partial charge < -0.3 is 0 Å². The topological polar surface area (TPSA) is 17.1 Å². The molecule has 0 aliphatic rings. The molecule has 0 unspecified atom stereocenters. The van der Waals surface area contributed by atoms with Gasteiger partial charge in [0.2, 0.25) is 0 Å². The zero-order valence-corrected chi connectivity index (χ0v) is 9.16. The summed E-state index contributed by atoms with van der Waals surface area (Å²) in [5, 5.41) is 0. The van der Waals surface area contributed by atoms with E-state index in [9.17, 15) is 0 Å². The van der Waals surface area contributed by atoms with Crippen LogP contribution in [0.4, 0.5) is 0 Å². The van der Waals surface area contributed by atoms with Gasteiger partial charge in [-0.25, -0.2) is 0 Å². The van der Waals surface area contributed by atoms with Crippen molar-refractivity contribution in [3.63, 3.8) is 0 Å². The SMILES string of the molecule is [Fe].[Mn].[O]=[Ti].[Zn]. The van der Waals surface area contributed by atoms with Crippen molar-refractivity contribution in [1.82, 2.24) is 0 Å². The van der Waals surface area contributed by atoms with Gasteiger partial charge in [-0.2, -0.15) is 0 Å². The van der Waals surface area contributed by atoms with E-state index in [1.54, 1.807) is 0 Å². The molecule has 1 radical (unpaired) electrons. The summed E-state index contributed by atoms with van der Waals surface area (Å²) < 4.78 is 8.25. The summed E-state index contributed by atoms with van der Waals surface area (Å²) in [4.78, 5) is 0. The van der Waals surface area contributed by atoms with E-state index < -0.39 is 0 Å². The molecular formula is FeMnOTiZn. The second kappa shape index (κ2) is 34.9. The third-order valence-electron chi connectivity index (χ3n) is 0. The largest absolute Gasteiger partial charge is 0 e. The van der Waals surface area contributed by atoms with Gasteiger partial charge in [0.15, 0.2) is 0 Å². The third kappa shape index (κ3) is 22.7. The fourth-order valence-corrected chi connectivity index (χ4v) is 0. The van der Waals surface area contributed by atoms with Gasteiger partial charge in [0.1, 0.15) is 0 Å². The molecule has 0 spiro atoms. The summed E-state index contributed by atoms with van der Waals surface area (Å²) >= 11 is 0.750. The average molecular weight is 240 g/mol. The minimum atomic E-state index is 0. The van der Waals surface area contributed by atoms with E-state index in [4.69, 9.17) is 3.32 Å². The predicted molar refractivity (Wildman–Crippen MR) is 0.686 cm³/mol. The molecule has 0 aliphatic carbocycles. The Hall–Kier alpha value is 2.18. The van der Waals surface area contributed by atoms with E-state index in [0.29, 0.717) is 0 Å².